The Balaban J connectivity index is 2.46. The molecule has 6 heteroatoms. The number of aliphatic hydroxyl groups is 1. The highest BCUT2D eigenvalue weighted by Crippen LogP contribution is 2.10. The van der Waals surface area contributed by atoms with Crippen molar-refractivity contribution in [2.45, 2.75) is 25.3 Å². The lowest BCUT2D eigenvalue weighted by Crippen LogP contribution is -2.27. The Bertz CT molecular complexity index is 468. The molecule has 0 aliphatic carbocycles. The van der Waals surface area contributed by atoms with Crippen LogP contribution in [0, 0.1) is 5.92 Å². The van der Waals surface area contributed by atoms with E-state index in [1.165, 1.54) is 12.1 Å². The fraction of sp³-hybridized carbons (Fsp3) is 0.538. The van der Waals surface area contributed by atoms with Gasteiger partial charge >= 0.3 is 0 Å². The monoisotopic (exact) mass is 287 g/mol. The first-order valence-corrected chi connectivity index (χ1v) is 7.71. The van der Waals surface area contributed by atoms with Gasteiger partial charge in [-0.2, -0.15) is 0 Å². The van der Waals surface area contributed by atoms with Gasteiger partial charge in [0.25, 0.3) is 0 Å². The smallest absolute Gasteiger partial charge is 0.240 e. The molecule has 0 aromatic heterocycles. The van der Waals surface area contributed by atoms with Crippen molar-refractivity contribution in [1.82, 2.24) is 4.72 Å². The molecule has 0 saturated heterocycles. The number of benzene rings is 1. The first-order chi connectivity index (χ1) is 8.95. The molecule has 108 valence electrons. The molecular formula is C13H21NO4S. The van der Waals surface area contributed by atoms with E-state index in [9.17, 15) is 8.42 Å². The normalized spacial score (nSPS) is 12.0. The van der Waals surface area contributed by atoms with E-state index in [1.807, 2.05) is 13.8 Å². The Kier molecular flexibility index (Phi) is 6.44. The first-order valence-electron chi connectivity index (χ1n) is 6.23. The summed E-state index contributed by atoms with van der Waals surface area (Å²) in [5.41, 5.74) is 0.680. The van der Waals surface area contributed by atoms with Crippen LogP contribution in [0.15, 0.2) is 29.2 Å². The number of rotatable bonds is 8. The van der Waals surface area contributed by atoms with Gasteiger partial charge in [0.15, 0.2) is 0 Å². The van der Waals surface area contributed by atoms with E-state index in [2.05, 4.69) is 4.72 Å². The fourth-order valence-corrected chi connectivity index (χ4v) is 2.44. The fourth-order valence-electron chi connectivity index (χ4n) is 1.42. The van der Waals surface area contributed by atoms with Crippen molar-refractivity contribution in [3.05, 3.63) is 29.8 Å². The van der Waals surface area contributed by atoms with Crippen molar-refractivity contribution in [2.75, 3.05) is 19.8 Å². The van der Waals surface area contributed by atoms with E-state index < -0.39 is 10.0 Å². The number of hydrogen-bond donors (Lipinski definition) is 2. The Morgan fingerprint density at radius 3 is 2.42 bits per heavy atom. The highest BCUT2D eigenvalue weighted by atomic mass is 32.2. The minimum absolute atomic E-state index is 0.100. The van der Waals surface area contributed by atoms with Crippen LogP contribution in [-0.4, -0.2) is 33.3 Å². The Labute approximate surface area is 114 Å². The van der Waals surface area contributed by atoms with Crippen LogP contribution in [0.25, 0.3) is 0 Å². The molecule has 1 aromatic carbocycles. The topological polar surface area (TPSA) is 75.6 Å². The summed E-state index contributed by atoms with van der Waals surface area (Å²) in [7, 11) is -3.50. The Hall–Kier alpha value is -0.950. The number of ether oxygens (including phenoxy) is 1. The zero-order chi connectivity index (χ0) is 14.3. The van der Waals surface area contributed by atoms with Gasteiger partial charge in [0.2, 0.25) is 10.0 Å². The van der Waals surface area contributed by atoms with Gasteiger partial charge in [-0.25, -0.2) is 13.1 Å². The minimum Gasteiger partial charge on any atom is -0.392 e. The van der Waals surface area contributed by atoms with E-state index in [0.717, 1.165) is 0 Å². The molecule has 1 aromatic rings. The van der Waals surface area contributed by atoms with Crippen molar-refractivity contribution in [3.63, 3.8) is 0 Å². The van der Waals surface area contributed by atoms with Gasteiger partial charge in [0.05, 0.1) is 18.1 Å². The predicted molar refractivity (Wildman–Crippen MR) is 73.2 cm³/mol. The van der Waals surface area contributed by atoms with E-state index in [-0.39, 0.29) is 18.0 Å². The summed E-state index contributed by atoms with van der Waals surface area (Å²) in [6, 6.07) is 6.12. The van der Waals surface area contributed by atoms with E-state index >= 15 is 0 Å². The third-order valence-electron chi connectivity index (χ3n) is 2.41. The summed E-state index contributed by atoms with van der Waals surface area (Å²) in [5, 5.41) is 8.89. The molecule has 0 amide bonds. The molecule has 0 heterocycles. The number of hydrogen-bond acceptors (Lipinski definition) is 4. The second kappa shape index (κ2) is 7.59. The van der Waals surface area contributed by atoms with Crippen molar-refractivity contribution in [1.29, 1.82) is 0 Å². The number of aliphatic hydroxyl groups excluding tert-OH is 1. The van der Waals surface area contributed by atoms with E-state index in [4.69, 9.17) is 9.84 Å². The van der Waals surface area contributed by atoms with Crippen LogP contribution in [0.2, 0.25) is 0 Å². The van der Waals surface area contributed by atoms with Crippen LogP contribution in [0.5, 0.6) is 0 Å². The second-order valence-corrected chi connectivity index (χ2v) is 6.44. The quantitative estimate of drug-likeness (QED) is 0.703. The standard InChI is InChI=1S/C13H21NO4S/c1-11(2)10-18-8-7-14-19(16,17)13-5-3-12(9-15)4-6-13/h3-6,11,14-15H,7-10H2,1-2H3. The average molecular weight is 287 g/mol. The summed E-state index contributed by atoms with van der Waals surface area (Å²) in [6.07, 6.45) is 0. The summed E-state index contributed by atoms with van der Waals surface area (Å²) < 4.78 is 31.6. The van der Waals surface area contributed by atoms with Crippen molar-refractivity contribution >= 4 is 10.0 Å². The Morgan fingerprint density at radius 2 is 1.89 bits per heavy atom. The van der Waals surface area contributed by atoms with Gasteiger partial charge in [-0.3, -0.25) is 0 Å². The second-order valence-electron chi connectivity index (χ2n) is 4.67. The molecule has 2 N–H and O–H groups in total. The van der Waals surface area contributed by atoms with Crippen LogP contribution in [0.1, 0.15) is 19.4 Å². The van der Waals surface area contributed by atoms with Gasteiger partial charge in [-0.15, -0.1) is 0 Å². The highest BCUT2D eigenvalue weighted by Gasteiger charge is 2.12. The number of nitrogens with one attached hydrogen (secondary N) is 1. The molecule has 0 bridgehead atoms. The van der Waals surface area contributed by atoms with Crippen LogP contribution < -0.4 is 4.72 Å². The minimum atomic E-state index is -3.50. The van der Waals surface area contributed by atoms with Crippen molar-refractivity contribution in [3.8, 4) is 0 Å². The maximum absolute atomic E-state index is 11.9. The SMILES string of the molecule is CC(C)COCCNS(=O)(=O)c1ccc(CO)cc1. The highest BCUT2D eigenvalue weighted by molar-refractivity contribution is 7.89. The lowest BCUT2D eigenvalue weighted by Gasteiger charge is -2.09. The van der Waals surface area contributed by atoms with E-state index in [1.54, 1.807) is 12.1 Å². The van der Waals surface area contributed by atoms with Crippen LogP contribution in [0.4, 0.5) is 0 Å². The maximum atomic E-state index is 11.9. The largest absolute Gasteiger partial charge is 0.392 e. The first kappa shape index (κ1) is 16.1. The summed E-state index contributed by atoms with van der Waals surface area (Å²) in [4.78, 5) is 0.188. The van der Waals surface area contributed by atoms with Crippen LogP contribution in [-0.2, 0) is 21.4 Å². The Morgan fingerprint density at radius 1 is 1.26 bits per heavy atom. The third kappa shape index (κ3) is 5.69. The van der Waals surface area contributed by atoms with E-state index in [0.29, 0.717) is 24.7 Å². The lowest BCUT2D eigenvalue weighted by atomic mass is 10.2. The van der Waals surface area contributed by atoms with Crippen molar-refractivity contribution in [2.24, 2.45) is 5.92 Å². The lowest BCUT2D eigenvalue weighted by molar-refractivity contribution is 0.114. The van der Waals surface area contributed by atoms with Crippen LogP contribution >= 0.6 is 0 Å². The maximum Gasteiger partial charge on any atom is 0.240 e. The number of sulfonamides is 1. The molecular weight excluding hydrogens is 266 g/mol. The molecule has 19 heavy (non-hydrogen) atoms. The molecule has 0 spiro atoms. The summed E-state index contributed by atoms with van der Waals surface area (Å²) in [6.45, 7) is 5.19. The van der Waals surface area contributed by atoms with Gasteiger partial charge in [-0.05, 0) is 23.6 Å². The molecule has 0 radical (unpaired) electrons. The van der Waals surface area contributed by atoms with Crippen LogP contribution in [0.3, 0.4) is 0 Å². The molecule has 5 nitrogen and oxygen atoms in total. The predicted octanol–water partition coefficient (Wildman–Crippen LogP) is 1.13. The molecule has 0 aliphatic heterocycles. The van der Waals surface area contributed by atoms with Gasteiger partial charge in [-0.1, -0.05) is 26.0 Å². The molecule has 0 atom stereocenters. The molecule has 0 fully saturated rings. The van der Waals surface area contributed by atoms with Gasteiger partial charge in [0.1, 0.15) is 0 Å². The molecule has 0 aliphatic rings. The zero-order valence-corrected chi connectivity index (χ0v) is 12.1. The van der Waals surface area contributed by atoms with Crippen molar-refractivity contribution < 1.29 is 18.3 Å². The zero-order valence-electron chi connectivity index (χ0n) is 11.3. The molecule has 1 rings (SSSR count). The van der Waals surface area contributed by atoms with Gasteiger partial charge < -0.3 is 9.84 Å². The summed E-state index contributed by atoms with van der Waals surface area (Å²) >= 11 is 0. The molecule has 0 saturated carbocycles. The van der Waals surface area contributed by atoms with Gasteiger partial charge in [0, 0.05) is 13.2 Å². The summed E-state index contributed by atoms with van der Waals surface area (Å²) in [5.74, 6) is 0.433. The molecule has 0 unspecified atom stereocenters. The third-order valence-corrected chi connectivity index (χ3v) is 3.88. The average Bonchev–Trinajstić information content (AvgIpc) is 2.38.